The second-order valence-electron chi connectivity index (χ2n) is 7.18. The zero-order chi connectivity index (χ0) is 21.4. The SMILES string of the molecule is CNc1ncc2c(-c3cccc(Cl)c3)cc(-c3cc(C)c(O)c(C)c3)c(OC)c2n1. The van der Waals surface area contributed by atoms with Crippen molar-refractivity contribution in [3.8, 4) is 33.8 Å². The lowest BCUT2D eigenvalue weighted by Gasteiger charge is -2.17. The van der Waals surface area contributed by atoms with E-state index in [0.29, 0.717) is 28.0 Å². The maximum Gasteiger partial charge on any atom is 0.223 e. The number of phenolic OH excluding ortho intramolecular Hbond substituents is 1. The van der Waals surface area contributed by atoms with E-state index < -0.39 is 0 Å². The van der Waals surface area contributed by atoms with Crippen molar-refractivity contribution in [3.63, 3.8) is 0 Å². The molecule has 0 aliphatic carbocycles. The Hall–Kier alpha value is -3.31. The van der Waals surface area contributed by atoms with Gasteiger partial charge >= 0.3 is 0 Å². The molecule has 1 aromatic heterocycles. The van der Waals surface area contributed by atoms with Gasteiger partial charge in [-0.15, -0.1) is 0 Å². The molecule has 0 atom stereocenters. The fourth-order valence-electron chi connectivity index (χ4n) is 3.71. The molecule has 30 heavy (non-hydrogen) atoms. The number of benzene rings is 3. The number of nitrogens with one attached hydrogen (secondary N) is 1. The maximum atomic E-state index is 10.2. The van der Waals surface area contributed by atoms with Gasteiger partial charge in [-0.2, -0.15) is 0 Å². The number of halogens is 1. The topological polar surface area (TPSA) is 67.3 Å². The lowest BCUT2D eigenvalue weighted by atomic mass is 9.93. The summed E-state index contributed by atoms with van der Waals surface area (Å²) in [4.78, 5) is 9.10. The summed E-state index contributed by atoms with van der Waals surface area (Å²) in [6, 6.07) is 13.7. The normalized spacial score (nSPS) is 11.0. The number of nitrogens with zero attached hydrogens (tertiary/aromatic N) is 2. The molecule has 4 aromatic rings. The molecule has 2 N–H and O–H groups in total. The highest BCUT2D eigenvalue weighted by molar-refractivity contribution is 6.31. The maximum absolute atomic E-state index is 10.2. The molecule has 0 amide bonds. The summed E-state index contributed by atoms with van der Waals surface area (Å²) in [5.74, 6) is 1.46. The van der Waals surface area contributed by atoms with Crippen molar-refractivity contribution in [3.05, 3.63) is 64.8 Å². The quantitative estimate of drug-likeness (QED) is 0.425. The van der Waals surface area contributed by atoms with E-state index in [1.807, 2.05) is 50.2 Å². The van der Waals surface area contributed by atoms with Gasteiger partial charge in [0, 0.05) is 29.2 Å². The molecule has 0 radical (unpaired) electrons. The Labute approximate surface area is 180 Å². The van der Waals surface area contributed by atoms with Crippen molar-refractivity contribution in [1.29, 1.82) is 0 Å². The molecule has 0 unspecified atom stereocenters. The molecule has 152 valence electrons. The van der Waals surface area contributed by atoms with Crippen LogP contribution in [-0.4, -0.2) is 29.2 Å². The van der Waals surface area contributed by atoms with Gasteiger partial charge in [0.05, 0.1) is 7.11 Å². The monoisotopic (exact) mass is 419 g/mol. The minimum Gasteiger partial charge on any atom is -0.507 e. The van der Waals surface area contributed by atoms with Gasteiger partial charge in [0.25, 0.3) is 0 Å². The molecule has 0 fully saturated rings. The zero-order valence-corrected chi connectivity index (χ0v) is 18.0. The van der Waals surface area contributed by atoms with Crippen LogP contribution < -0.4 is 10.1 Å². The molecule has 6 heteroatoms. The average Bonchev–Trinajstić information content (AvgIpc) is 2.75. The van der Waals surface area contributed by atoms with Crippen LogP contribution in [0.25, 0.3) is 33.2 Å². The Kier molecular flexibility index (Phi) is 5.22. The summed E-state index contributed by atoms with van der Waals surface area (Å²) in [5.41, 5.74) is 6.04. The number of anilines is 1. The highest BCUT2D eigenvalue weighted by Gasteiger charge is 2.19. The van der Waals surface area contributed by atoms with Gasteiger partial charge in [-0.3, -0.25) is 0 Å². The highest BCUT2D eigenvalue weighted by atomic mass is 35.5. The van der Waals surface area contributed by atoms with Crippen LogP contribution in [0, 0.1) is 13.8 Å². The lowest BCUT2D eigenvalue weighted by Crippen LogP contribution is -2.00. The smallest absolute Gasteiger partial charge is 0.223 e. The van der Waals surface area contributed by atoms with E-state index in [9.17, 15) is 5.11 Å². The molecule has 0 saturated carbocycles. The predicted molar refractivity (Wildman–Crippen MR) is 123 cm³/mol. The van der Waals surface area contributed by atoms with Crippen LogP contribution in [0.15, 0.2) is 48.7 Å². The van der Waals surface area contributed by atoms with Gasteiger partial charge < -0.3 is 15.2 Å². The Morgan fingerprint density at radius 1 is 1.00 bits per heavy atom. The standard InChI is InChI=1S/C24H22ClN3O2/c1-13-8-16(9-14(2)22(13)29)19-11-18(15-6-5-7-17(25)10-15)20-12-27-24(26-3)28-21(20)23(19)30-4/h5-12,29H,1-4H3,(H,26,27,28). The Morgan fingerprint density at radius 3 is 2.37 bits per heavy atom. The fraction of sp³-hybridized carbons (Fsp3) is 0.167. The van der Waals surface area contributed by atoms with Crippen molar-refractivity contribution in [2.24, 2.45) is 0 Å². The molecule has 3 aromatic carbocycles. The number of ether oxygens (including phenoxy) is 1. The summed E-state index contributed by atoms with van der Waals surface area (Å²) in [6.45, 7) is 3.77. The molecule has 5 nitrogen and oxygen atoms in total. The van der Waals surface area contributed by atoms with Crippen molar-refractivity contribution in [2.45, 2.75) is 13.8 Å². The molecule has 0 aliphatic rings. The summed E-state index contributed by atoms with van der Waals surface area (Å²) >= 11 is 6.27. The van der Waals surface area contributed by atoms with E-state index in [0.717, 1.165) is 38.8 Å². The van der Waals surface area contributed by atoms with Crippen LogP contribution >= 0.6 is 11.6 Å². The Bertz CT molecular complexity index is 1250. The number of methoxy groups -OCH3 is 1. The second-order valence-corrected chi connectivity index (χ2v) is 7.62. The predicted octanol–water partition coefficient (Wildman–Crippen LogP) is 5.99. The largest absolute Gasteiger partial charge is 0.507 e. The first-order valence-electron chi connectivity index (χ1n) is 9.55. The number of phenols is 1. The van der Waals surface area contributed by atoms with E-state index >= 15 is 0 Å². The molecule has 0 aliphatic heterocycles. The van der Waals surface area contributed by atoms with Crippen molar-refractivity contribution < 1.29 is 9.84 Å². The van der Waals surface area contributed by atoms with Crippen LogP contribution in [-0.2, 0) is 0 Å². The number of hydrogen-bond donors (Lipinski definition) is 2. The third-order valence-electron chi connectivity index (χ3n) is 5.19. The minimum absolute atomic E-state index is 0.299. The molecule has 1 heterocycles. The first kappa shape index (κ1) is 20.0. The van der Waals surface area contributed by atoms with Crippen molar-refractivity contribution >= 4 is 28.5 Å². The van der Waals surface area contributed by atoms with E-state index in [4.69, 9.17) is 21.3 Å². The first-order chi connectivity index (χ1) is 14.4. The van der Waals surface area contributed by atoms with Crippen LogP contribution in [0.2, 0.25) is 5.02 Å². The van der Waals surface area contributed by atoms with E-state index in [-0.39, 0.29) is 0 Å². The van der Waals surface area contributed by atoms with Crippen molar-refractivity contribution in [2.75, 3.05) is 19.5 Å². The van der Waals surface area contributed by atoms with Crippen molar-refractivity contribution in [1.82, 2.24) is 9.97 Å². The highest BCUT2D eigenvalue weighted by Crippen LogP contribution is 2.43. The Morgan fingerprint density at radius 2 is 1.73 bits per heavy atom. The van der Waals surface area contributed by atoms with E-state index in [1.165, 1.54) is 0 Å². The van der Waals surface area contributed by atoms with Gasteiger partial charge in [-0.1, -0.05) is 23.7 Å². The lowest BCUT2D eigenvalue weighted by molar-refractivity contribution is 0.420. The number of rotatable bonds is 4. The van der Waals surface area contributed by atoms with Gasteiger partial charge in [-0.25, -0.2) is 9.97 Å². The third-order valence-corrected chi connectivity index (χ3v) is 5.43. The average molecular weight is 420 g/mol. The molecular formula is C24H22ClN3O2. The number of aromatic nitrogens is 2. The van der Waals surface area contributed by atoms with Crippen LogP contribution in [0.1, 0.15) is 11.1 Å². The number of fused-ring (bicyclic) bond motifs is 1. The third kappa shape index (κ3) is 3.42. The molecule has 0 bridgehead atoms. The number of hydrogen-bond acceptors (Lipinski definition) is 5. The fourth-order valence-corrected chi connectivity index (χ4v) is 3.91. The minimum atomic E-state index is 0.299. The first-order valence-corrected chi connectivity index (χ1v) is 9.92. The summed E-state index contributed by atoms with van der Waals surface area (Å²) in [6.07, 6.45) is 1.80. The van der Waals surface area contributed by atoms with Gasteiger partial charge in [0.15, 0.2) is 5.75 Å². The van der Waals surface area contributed by atoms with E-state index in [2.05, 4.69) is 16.4 Å². The van der Waals surface area contributed by atoms with Gasteiger partial charge in [0.1, 0.15) is 11.3 Å². The number of aromatic hydroxyl groups is 1. The van der Waals surface area contributed by atoms with Crippen LogP contribution in [0.4, 0.5) is 5.95 Å². The number of aryl methyl sites for hydroxylation is 2. The summed E-state index contributed by atoms with van der Waals surface area (Å²) in [5, 5.41) is 14.7. The van der Waals surface area contributed by atoms with Gasteiger partial charge in [0.2, 0.25) is 5.95 Å². The van der Waals surface area contributed by atoms with Gasteiger partial charge in [-0.05, 0) is 72.0 Å². The molecule has 0 spiro atoms. The molecular weight excluding hydrogens is 398 g/mol. The zero-order valence-electron chi connectivity index (χ0n) is 17.2. The van der Waals surface area contributed by atoms with E-state index in [1.54, 1.807) is 20.4 Å². The van der Waals surface area contributed by atoms with Crippen LogP contribution in [0.5, 0.6) is 11.5 Å². The molecule has 4 rings (SSSR count). The molecule has 0 saturated heterocycles. The van der Waals surface area contributed by atoms with Crippen LogP contribution in [0.3, 0.4) is 0 Å². The summed E-state index contributed by atoms with van der Waals surface area (Å²) in [7, 11) is 3.42. The second kappa shape index (κ2) is 7.84. The summed E-state index contributed by atoms with van der Waals surface area (Å²) < 4.78 is 5.83. The Balaban J connectivity index is 2.12.